The third kappa shape index (κ3) is 4.42. The van der Waals surface area contributed by atoms with Crippen molar-refractivity contribution in [1.29, 1.82) is 0 Å². The van der Waals surface area contributed by atoms with Crippen LogP contribution in [-0.4, -0.2) is 38.4 Å². The number of rotatable bonds is 7. The van der Waals surface area contributed by atoms with Crippen LogP contribution in [0.15, 0.2) is 46.9 Å². The highest BCUT2D eigenvalue weighted by Crippen LogP contribution is 2.18. The lowest BCUT2D eigenvalue weighted by Crippen LogP contribution is -2.27. The van der Waals surface area contributed by atoms with Gasteiger partial charge in [0.2, 0.25) is 11.1 Å². The minimum absolute atomic E-state index is 0.0185. The molecule has 0 aliphatic carbocycles. The quantitative estimate of drug-likeness (QED) is 0.656. The number of aryl methyl sites for hydroxylation is 1. The average molecular weight is 359 g/mol. The molecule has 0 spiro atoms. The Bertz CT molecular complexity index is 783. The van der Waals surface area contributed by atoms with Crippen LogP contribution in [0.1, 0.15) is 10.4 Å². The number of hydrogen-bond acceptors (Lipinski definition) is 6. The number of carbonyl (C=O) groups excluding carboxylic acids is 1. The Morgan fingerprint density at radius 1 is 1.29 bits per heavy atom. The van der Waals surface area contributed by atoms with Gasteiger partial charge in [-0.3, -0.25) is 4.79 Å². The molecular weight excluding hydrogens is 342 g/mol. The zero-order chi connectivity index (χ0) is 16.8. The number of amides is 1. The molecule has 0 bridgehead atoms. The summed E-state index contributed by atoms with van der Waals surface area (Å²) in [5.41, 5.74) is 2.05. The summed E-state index contributed by atoms with van der Waals surface area (Å²) in [6, 6.07) is 12.0. The second-order valence-electron chi connectivity index (χ2n) is 5.18. The van der Waals surface area contributed by atoms with Crippen molar-refractivity contribution in [3.05, 3.63) is 52.2 Å². The van der Waals surface area contributed by atoms with Crippen molar-refractivity contribution in [1.82, 2.24) is 25.5 Å². The lowest BCUT2D eigenvalue weighted by atomic mass is 10.2. The second-order valence-corrected chi connectivity index (χ2v) is 7.15. The van der Waals surface area contributed by atoms with Gasteiger partial charge in [-0.1, -0.05) is 35.5 Å². The van der Waals surface area contributed by atoms with Crippen molar-refractivity contribution >= 4 is 29.0 Å². The highest BCUT2D eigenvalue weighted by molar-refractivity contribution is 7.99. The Hall–Kier alpha value is -2.19. The first-order valence-corrected chi connectivity index (χ1v) is 9.36. The molecule has 6 nitrogen and oxygen atoms in total. The van der Waals surface area contributed by atoms with E-state index in [2.05, 4.69) is 26.9 Å². The molecule has 124 valence electrons. The first-order chi connectivity index (χ1) is 11.7. The standard InChI is InChI=1S/C16H17N5OS2/c1-12-4-6-13(7-5-12)21-16(18-19-20-21)24-11-15(22)17-9-8-14-3-2-10-23-14/h2-7,10H,8-9,11H2,1H3,(H,17,22). The van der Waals surface area contributed by atoms with Crippen molar-refractivity contribution in [2.75, 3.05) is 12.3 Å². The number of thiophene rings is 1. The molecule has 0 saturated carbocycles. The van der Waals surface area contributed by atoms with Crippen LogP contribution < -0.4 is 5.32 Å². The summed E-state index contributed by atoms with van der Waals surface area (Å²) in [6.45, 7) is 2.67. The van der Waals surface area contributed by atoms with E-state index in [1.165, 1.54) is 22.2 Å². The molecule has 1 aromatic carbocycles. The van der Waals surface area contributed by atoms with Gasteiger partial charge in [0.1, 0.15) is 0 Å². The fourth-order valence-corrected chi connectivity index (χ4v) is 3.51. The van der Waals surface area contributed by atoms with Gasteiger partial charge in [0.05, 0.1) is 11.4 Å². The first-order valence-electron chi connectivity index (χ1n) is 7.49. The number of aromatic nitrogens is 4. The van der Waals surface area contributed by atoms with E-state index in [0.29, 0.717) is 11.7 Å². The fraction of sp³-hybridized carbons (Fsp3) is 0.250. The van der Waals surface area contributed by atoms with Crippen LogP contribution in [0, 0.1) is 6.92 Å². The number of hydrogen-bond donors (Lipinski definition) is 1. The summed E-state index contributed by atoms with van der Waals surface area (Å²) in [6.07, 6.45) is 0.856. The number of nitrogens with zero attached hydrogens (tertiary/aromatic N) is 4. The van der Waals surface area contributed by atoms with E-state index in [-0.39, 0.29) is 11.7 Å². The maximum atomic E-state index is 12.0. The highest BCUT2D eigenvalue weighted by Gasteiger charge is 2.11. The lowest BCUT2D eigenvalue weighted by Gasteiger charge is -2.05. The lowest BCUT2D eigenvalue weighted by molar-refractivity contribution is -0.118. The molecule has 0 fully saturated rings. The largest absolute Gasteiger partial charge is 0.355 e. The minimum atomic E-state index is -0.0185. The molecule has 3 rings (SSSR count). The topological polar surface area (TPSA) is 72.7 Å². The highest BCUT2D eigenvalue weighted by atomic mass is 32.2. The molecule has 0 unspecified atom stereocenters. The van der Waals surface area contributed by atoms with Gasteiger partial charge < -0.3 is 5.32 Å². The Balaban J connectivity index is 1.50. The van der Waals surface area contributed by atoms with Crippen LogP contribution in [0.25, 0.3) is 5.69 Å². The first kappa shape index (κ1) is 16.7. The van der Waals surface area contributed by atoms with E-state index in [1.54, 1.807) is 16.0 Å². The van der Waals surface area contributed by atoms with E-state index in [4.69, 9.17) is 0 Å². The monoisotopic (exact) mass is 359 g/mol. The summed E-state index contributed by atoms with van der Waals surface area (Å²) >= 11 is 3.03. The summed E-state index contributed by atoms with van der Waals surface area (Å²) < 4.78 is 1.64. The Morgan fingerprint density at radius 3 is 2.88 bits per heavy atom. The zero-order valence-electron chi connectivity index (χ0n) is 13.2. The van der Waals surface area contributed by atoms with Crippen LogP contribution in [0.2, 0.25) is 0 Å². The molecule has 2 aromatic heterocycles. The number of thioether (sulfide) groups is 1. The van der Waals surface area contributed by atoms with Crippen molar-refractivity contribution in [3.8, 4) is 5.69 Å². The molecule has 8 heteroatoms. The Labute approximate surface area is 148 Å². The fourth-order valence-electron chi connectivity index (χ4n) is 2.08. The van der Waals surface area contributed by atoms with E-state index in [0.717, 1.165) is 12.1 Å². The predicted octanol–water partition coefficient (Wildman–Crippen LogP) is 2.48. The number of tetrazole rings is 1. The number of carbonyl (C=O) groups is 1. The van der Waals surface area contributed by atoms with E-state index >= 15 is 0 Å². The van der Waals surface area contributed by atoms with Gasteiger partial charge >= 0.3 is 0 Å². The number of benzene rings is 1. The molecule has 3 aromatic rings. The predicted molar refractivity (Wildman–Crippen MR) is 95.6 cm³/mol. The molecule has 0 aliphatic rings. The molecule has 0 radical (unpaired) electrons. The molecule has 2 heterocycles. The normalized spacial score (nSPS) is 10.7. The molecule has 0 atom stereocenters. The smallest absolute Gasteiger partial charge is 0.230 e. The molecule has 1 N–H and O–H groups in total. The summed E-state index contributed by atoms with van der Waals surface area (Å²) in [7, 11) is 0. The number of nitrogens with one attached hydrogen (secondary N) is 1. The summed E-state index contributed by atoms with van der Waals surface area (Å²) in [4.78, 5) is 13.2. The third-order valence-electron chi connectivity index (χ3n) is 3.33. The second kappa shape index (κ2) is 8.07. The van der Waals surface area contributed by atoms with Crippen molar-refractivity contribution < 1.29 is 4.79 Å². The van der Waals surface area contributed by atoms with E-state index in [9.17, 15) is 4.79 Å². The van der Waals surface area contributed by atoms with Gasteiger partial charge in [0, 0.05) is 11.4 Å². The van der Waals surface area contributed by atoms with Crippen molar-refractivity contribution in [3.63, 3.8) is 0 Å². The van der Waals surface area contributed by atoms with Crippen LogP contribution in [-0.2, 0) is 11.2 Å². The van der Waals surface area contributed by atoms with E-state index < -0.39 is 0 Å². The van der Waals surface area contributed by atoms with Gasteiger partial charge in [-0.25, -0.2) is 0 Å². The minimum Gasteiger partial charge on any atom is -0.355 e. The van der Waals surface area contributed by atoms with Gasteiger partial charge in [-0.15, -0.1) is 16.4 Å². The van der Waals surface area contributed by atoms with Gasteiger partial charge in [-0.2, -0.15) is 4.68 Å². The molecular formula is C16H17N5OS2. The van der Waals surface area contributed by atoms with Gasteiger partial charge in [0.25, 0.3) is 0 Å². The SMILES string of the molecule is Cc1ccc(-n2nnnc2SCC(=O)NCCc2cccs2)cc1. The Kier molecular flexibility index (Phi) is 5.60. The summed E-state index contributed by atoms with van der Waals surface area (Å²) in [5.74, 6) is 0.270. The Morgan fingerprint density at radius 2 is 2.12 bits per heavy atom. The summed E-state index contributed by atoms with van der Waals surface area (Å²) in [5, 5.41) is 17.3. The van der Waals surface area contributed by atoms with Crippen molar-refractivity contribution in [2.24, 2.45) is 0 Å². The molecule has 0 saturated heterocycles. The van der Waals surface area contributed by atoms with Crippen molar-refractivity contribution in [2.45, 2.75) is 18.5 Å². The van der Waals surface area contributed by atoms with Crippen LogP contribution >= 0.6 is 23.1 Å². The molecule has 24 heavy (non-hydrogen) atoms. The maximum absolute atomic E-state index is 12.0. The molecule has 0 aliphatic heterocycles. The third-order valence-corrected chi connectivity index (χ3v) is 5.18. The van der Waals surface area contributed by atoms with Gasteiger partial charge in [-0.05, 0) is 47.4 Å². The average Bonchev–Trinajstić information content (AvgIpc) is 3.25. The van der Waals surface area contributed by atoms with Gasteiger partial charge in [0.15, 0.2) is 0 Å². The van der Waals surface area contributed by atoms with Crippen LogP contribution in [0.5, 0.6) is 0 Å². The zero-order valence-corrected chi connectivity index (χ0v) is 14.8. The van der Waals surface area contributed by atoms with Crippen LogP contribution in [0.4, 0.5) is 0 Å². The molecule has 1 amide bonds. The maximum Gasteiger partial charge on any atom is 0.230 e. The van der Waals surface area contributed by atoms with E-state index in [1.807, 2.05) is 42.6 Å². The van der Waals surface area contributed by atoms with Crippen LogP contribution in [0.3, 0.4) is 0 Å².